The number of hydrogen-bond donors (Lipinski definition) is 0. The van der Waals surface area contributed by atoms with Crippen molar-refractivity contribution < 1.29 is 27.0 Å². The van der Waals surface area contributed by atoms with Crippen LogP contribution in [0.4, 0.5) is 17.6 Å². The monoisotopic (exact) mass is 296 g/mol. The van der Waals surface area contributed by atoms with Gasteiger partial charge in [0.25, 0.3) is 0 Å². The molecule has 3 aliphatic rings. The standard InChI is InChI=1S/C14H20F4O2/c15-13(16)7-19-12(20-8-14(13,17)18)11-5-9-2-1-3-10(4-9)6-11/h9-12H,1-8H2. The van der Waals surface area contributed by atoms with Crippen LogP contribution >= 0.6 is 0 Å². The van der Waals surface area contributed by atoms with Crippen molar-refractivity contribution in [2.75, 3.05) is 13.2 Å². The minimum absolute atomic E-state index is 0.0243. The Balaban J connectivity index is 1.66. The van der Waals surface area contributed by atoms with Gasteiger partial charge in [-0.2, -0.15) is 17.6 Å². The molecular formula is C14H20F4O2. The normalized spacial score (nSPS) is 41.1. The first kappa shape index (κ1) is 14.6. The van der Waals surface area contributed by atoms with Crippen molar-refractivity contribution in [2.45, 2.75) is 56.7 Å². The van der Waals surface area contributed by atoms with Crippen molar-refractivity contribution in [3.8, 4) is 0 Å². The number of hydrogen-bond acceptors (Lipinski definition) is 2. The zero-order valence-electron chi connectivity index (χ0n) is 11.3. The van der Waals surface area contributed by atoms with Crippen LogP contribution in [0.15, 0.2) is 0 Å². The number of rotatable bonds is 1. The van der Waals surface area contributed by atoms with Gasteiger partial charge in [-0.25, -0.2) is 0 Å². The summed E-state index contributed by atoms with van der Waals surface area (Å²) in [6.45, 7) is -2.51. The van der Waals surface area contributed by atoms with Crippen LogP contribution in [0, 0.1) is 17.8 Å². The molecule has 0 aromatic carbocycles. The van der Waals surface area contributed by atoms with E-state index in [1.54, 1.807) is 0 Å². The Labute approximate surface area is 115 Å². The molecule has 0 aromatic rings. The molecule has 2 atom stereocenters. The van der Waals surface area contributed by atoms with E-state index in [2.05, 4.69) is 0 Å². The van der Waals surface area contributed by atoms with E-state index < -0.39 is 31.3 Å². The van der Waals surface area contributed by atoms with Crippen molar-refractivity contribution in [1.82, 2.24) is 0 Å². The second kappa shape index (κ2) is 5.13. The van der Waals surface area contributed by atoms with E-state index in [1.807, 2.05) is 0 Å². The van der Waals surface area contributed by atoms with Gasteiger partial charge in [-0.1, -0.05) is 19.3 Å². The van der Waals surface area contributed by atoms with Gasteiger partial charge in [0.15, 0.2) is 6.29 Å². The maximum atomic E-state index is 13.3. The SMILES string of the molecule is FC1(F)COC(C2CC3CCCC(C3)C2)OCC1(F)F. The highest BCUT2D eigenvalue weighted by molar-refractivity contribution is 4.89. The van der Waals surface area contributed by atoms with Crippen molar-refractivity contribution in [3.05, 3.63) is 0 Å². The minimum Gasteiger partial charge on any atom is -0.346 e. The molecule has 116 valence electrons. The maximum absolute atomic E-state index is 13.3. The Morgan fingerprint density at radius 1 is 0.750 bits per heavy atom. The first-order valence-electron chi connectivity index (χ1n) is 7.36. The fourth-order valence-electron chi connectivity index (χ4n) is 3.91. The van der Waals surface area contributed by atoms with Gasteiger partial charge in [0.05, 0.1) is 0 Å². The number of alkyl halides is 4. The molecule has 1 heterocycles. The van der Waals surface area contributed by atoms with E-state index in [4.69, 9.17) is 9.47 Å². The maximum Gasteiger partial charge on any atom is 0.335 e. The topological polar surface area (TPSA) is 18.5 Å². The molecule has 6 heteroatoms. The third-order valence-corrected chi connectivity index (χ3v) is 4.94. The van der Waals surface area contributed by atoms with Gasteiger partial charge in [0.2, 0.25) is 0 Å². The quantitative estimate of drug-likeness (QED) is 0.684. The molecule has 1 aliphatic heterocycles. The third kappa shape index (κ3) is 2.69. The summed E-state index contributed by atoms with van der Waals surface area (Å²) in [7, 11) is 0. The van der Waals surface area contributed by atoms with Crippen LogP contribution in [0.5, 0.6) is 0 Å². The molecule has 1 saturated heterocycles. The number of halogens is 4. The highest BCUT2D eigenvalue weighted by Crippen LogP contribution is 2.46. The average Bonchev–Trinajstić information content (AvgIpc) is 2.47. The third-order valence-electron chi connectivity index (χ3n) is 4.94. The van der Waals surface area contributed by atoms with Crippen LogP contribution in [0.1, 0.15) is 38.5 Å². The van der Waals surface area contributed by atoms with Gasteiger partial charge in [0.1, 0.15) is 13.2 Å². The molecule has 2 unspecified atom stereocenters. The van der Waals surface area contributed by atoms with Crippen molar-refractivity contribution in [3.63, 3.8) is 0 Å². The second-order valence-corrected chi connectivity index (χ2v) is 6.53. The largest absolute Gasteiger partial charge is 0.346 e. The fraction of sp³-hybridized carbons (Fsp3) is 1.00. The van der Waals surface area contributed by atoms with E-state index in [-0.39, 0.29) is 5.92 Å². The summed E-state index contributed by atoms with van der Waals surface area (Å²) in [5, 5.41) is 0. The summed E-state index contributed by atoms with van der Waals surface area (Å²) in [5.41, 5.74) is 0. The lowest BCUT2D eigenvalue weighted by Crippen LogP contribution is -2.45. The van der Waals surface area contributed by atoms with Gasteiger partial charge >= 0.3 is 11.8 Å². The lowest BCUT2D eigenvalue weighted by atomic mass is 9.68. The molecule has 3 rings (SSSR count). The Hall–Kier alpha value is -0.360. The van der Waals surface area contributed by atoms with Crippen LogP contribution in [-0.2, 0) is 9.47 Å². The van der Waals surface area contributed by atoms with Crippen LogP contribution < -0.4 is 0 Å². The molecule has 20 heavy (non-hydrogen) atoms. The van der Waals surface area contributed by atoms with Crippen LogP contribution in [0.25, 0.3) is 0 Å². The van der Waals surface area contributed by atoms with E-state index >= 15 is 0 Å². The Bertz CT molecular complexity index is 331. The van der Waals surface area contributed by atoms with E-state index in [1.165, 1.54) is 12.8 Å². The molecule has 0 spiro atoms. The molecular weight excluding hydrogens is 276 g/mol. The molecule has 0 aromatic heterocycles. The van der Waals surface area contributed by atoms with E-state index in [0.717, 1.165) is 25.7 Å². The van der Waals surface area contributed by atoms with Gasteiger partial charge in [-0.05, 0) is 31.1 Å². The molecule has 2 aliphatic carbocycles. The molecule has 2 bridgehead atoms. The van der Waals surface area contributed by atoms with Gasteiger partial charge in [0, 0.05) is 5.92 Å². The predicted molar refractivity (Wildman–Crippen MR) is 63.8 cm³/mol. The molecule has 3 fully saturated rings. The lowest BCUT2D eigenvalue weighted by Gasteiger charge is -2.41. The summed E-state index contributed by atoms with van der Waals surface area (Å²) >= 11 is 0. The first-order valence-corrected chi connectivity index (χ1v) is 7.36. The molecule has 0 N–H and O–H groups in total. The molecule has 2 nitrogen and oxygen atoms in total. The Morgan fingerprint density at radius 2 is 1.25 bits per heavy atom. The summed E-state index contributed by atoms with van der Waals surface area (Å²) in [6.07, 6.45) is 5.46. The highest BCUT2D eigenvalue weighted by Gasteiger charge is 2.59. The number of ether oxygens (including phenoxy) is 2. The summed E-state index contributed by atoms with van der Waals surface area (Å²) < 4.78 is 63.0. The van der Waals surface area contributed by atoms with Gasteiger partial charge < -0.3 is 9.47 Å². The van der Waals surface area contributed by atoms with Gasteiger partial charge in [-0.15, -0.1) is 0 Å². The lowest BCUT2D eigenvalue weighted by molar-refractivity contribution is -0.222. The van der Waals surface area contributed by atoms with E-state index in [9.17, 15) is 17.6 Å². The molecule has 0 amide bonds. The number of fused-ring (bicyclic) bond motifs is 2. The van der Waals surface area contributed by atoms with Crippen molar-refractivity contribution in [2.24, 2.45) is 17.8 Å². The van der Waals surface area contributed by atoms with Crippen molar-refractivity contribution >= 4 is 0 Å². The van der Waals surface area contributed by atoms with Crippen LogP contribution in [-0.4, -0.2) is 31.3 Å². The Morgan fingerprint density at radius 3 is 1.75 bits per heavy atom. The average molecular weight is 296 g/mol. The smallest absolute Gasteiger partial charge is 0.335 e. The fourth-order valence-corrected chi connectivity index (χ4v) is 3.91. The Kier molecular flexibility index (Phi) is 3.73. The minimum atomic E-state index is -4.15. The van der Waals surface area contributed by atoms with Crippen LogP contribution in [0.2, 0.25) is 0 Å². The molecule has 0 radical (unpaired) electrons. The van der Waals surface area contributed by atoms with Crippen LogP contribution in [0.3, 0.4) is 0 Å². The molecule has 2 saturated carbocycles. The highest BCUT2D eigenvalue weighted by atomic mass is 19.3. The summed E-state index contributed by atoms with van der Waals surface area (Å²) in [4.78, 5) is 0. The second-order valence-electron chi connectivity index (χ2n) is 6.53. The van der Waals surface area contributed by atoms with Crippen molar-refractivity contribution in [1.29, 1.82) is 0 Å². The van der Waals surface area contributed by atoms with Gasteiger partial charge in [-0.3, -0.25) is 0 Å². The summed E-state index contributed by atoms with van der Waals surface area (Å²) in [6, 6.07) is 0. The zero-order chi connectivity index (χ0) is 14.4. The van der Waals surface area contributed by atoms with E-state index in [0.29, 0.717) is 11.8 Å². The zero-order valence-corrected chi connectivity index (χ0v) is 11.3. The first-order chi connectivity index (χ1) is 9.37. The summed E-state index contributed by atoms with van der Waals surface area (Å²) in [5.74, 6) is -7.17. The predicted octanol–water partition coefficient (Wildman–Crippen LogP) is 3.85.